The molecular weight excluding hydrogens is 955 g/mol. The number of benzene rings is 4. The Hall–Kier alpha value is -6.54. The summed E-state index contributed by atoms with van der Waals surface area (Å²) in [5.74, 6) is -3.37. The first-order chi connectivity index (χ1) is 34.2. The summed E-state index contributed by atoms with van der Waals surface area (Å²) < 4.78 is 88.9. The molecule has 6 aliphatic heterocycles. The number of fused-ring (bicyclic) bond motifs is 6. The van der Waals surface area contributed by atoms with E-state index in [0.29, 0.717) is 50.7 Å². The Morgan fingerprint density at radius 2 is 0.819 bits per heavy atom. The van der Waals surface area contributed by atoms with Crippen LogP contribution in [0.15, 0.2) is 109 Å². The smallest absolute Gasteiger partial charge is 0.430 e. The number of nitrogen functional groups attached to an aromatic ring is 2. The van der Waals surface area contributed by atoms with Gasteiger partial charge in [-0.25, -0.2) is 0 Å². The number of ether oxygens (including phenoxy) is 4. The van der Waals surface area contributed by atoms with E-state index in [1.54, 1.807) is 0 Å². The van der Waals surface area contributed by atoms with Crippen molar-refractivity contribution in [2.75, 3.05) is 77.0 Å². The molecule has 14 nitrogen and oxygen atoms in total. The molecule has 4 aromatic carbocycles. The molecule has 6 fully saturated rings. The van der Waals surface area contributed by atoms with Crippen LogP contribution in [0.4, 0.5) is 37.7 Å². The Morgan fingerprint density at radius 1 is 0.514 bits per heavy atom. The quantitative estimate of drug-likeness (QED) is 0.0622. The largest absolute Gasteiger partial charge is 0.542 e. The second kappa shape index (κ2) is 26.2. The molecule has 6 aliphatic rings. The summed E-state index contributed by atoms with van der Waals surface area (Å²) in [7, 11) is 0. The van der Waals surface area contributed by atoms with E-state index in [9.17, 15) is 35.9 Å². The van der Waals surface area contributed by atoms with Gasteiger partial charge < -0.3 is 59.2 Å². The molecule has 0 saturated carbocycles. The molecular formula is C52H62F6N4O10. The zero-order valence-electron chi connectivity index (χ0n) is 39.8. The van der Waals surface area contributed by atoms with Crippen molar-refractivity contribution in [3.8, 4) is 11.5 Å². The Balaban J connectivity index is 0.000000212. The third-order valence-corrected chi connectivity index (χ3v) is 13.6. The van der Waals surface area contributed by atoms with Gasteiger partial charge in [-0.15, -0.1) is 0 Å². The topological polar surface area (TPSA) is 203 Å². The maximum absolute atomic E-state index is 12.5. The van der Waals surface area contributed by atoms with E-state index >= 15 is 0 Å². The summed E-state index contributed by atoms with van der Waals surface area (Å²) >= 11 is 0. The highest BCUT2D eigenvalue weighted by atomic mass is 19.4. The number of carboxylic acid groups (broad SMARTS) is 2. The number of nitrogens with two attached hydrogens (primary N) is 2. The Labute approximate surface area is 414 Å². The van der Waals surface area contributed by atoms with Crippen LogP contribution >= 0.6 is 0 Å². The minimum atomic E-state index is -5.19. The predicted octanol–water partition coefficient (Wildman–Crippen LogP) is 5.46. The number of esters is 2. The second-order valence-corrected chi connectivity index (χ2v) is 18.4. The monoisotopic (exact) mass is 1020 g/mol. The van der Waals surface area contributed by atoms with Crippen LogP contribution in [0.3, 0.4) is 0 Å². The number of para-hydroxylation sites is 4. The Bertz CT molecular complexity index is 2180. The second-order valence-electron chi connectivity index (χ2n) is 18.4. The number of aliphatic carboxylic acids is 2. The van der Waals surface area contributed by atoms with Gasteiger partial charge in [0.15, 0.2) is 12.2 Å². The van der Waals surface area contributed by atoms with Gasteiger partial charge in [-0.3, -0.25) is 9.59 Å². The molecule has 0 spiro atoms. The molecule has 0 unspecified atom stereocenters. The third kappa shape index (κ3) is 17.9. The van der Waals surface area contributed by atoms with Gasteiger partial charge >= 0.3 is 24.3 Å². The molecule has 0 aromatic heterocycles. The molecule has 4 bridgehead atoms. The standard InChI is InChI=1S/2C24H31N2O3.2C2HF3O2/c2*25-22-9-5-4-6-19(22)10-11-24(27)29-23-18-26(14-12-20(23)13-15-26)16-17-28-21-7-2-1-3-8-21;2*3-2(4,5)1(6)7/h2*1-9,20,23H,10-18,25H2;2*(H,6,7)/q2*+1;;/p-2/t2*20?,23-,26?;;/m00../s1. The highest BCUT2D eigenvalue weighted by Gasteiger charge is 2.48. The van der Waals surface area contributed by atoms with E-state index in [4.69, 9.17) is 50.2 Å². The number of hydrogen-bond acceptors (Lipinski definition) is 12. The number of quaternary nitrogens is 2. The molecule has 0 radical (unpaired) electrons. The van der Waals surface area contributed by atoms with Gasteiger partial charge in [0.1, 0.15) is 62.8 Å². The lowest BCUT2D eigenvalue weighted by Gasteiger charge is -2.51. The fourth-order valence-corrected chi connectivity index (χ4v) is 9.54. The van der Waals surface area contributed by atoms with E-state index < -0.39 is 24.3 Å². The van der Waals surface area contributed by atoms with E-state index in [2.05, 4.69) is 0 Å². The van der Waals surface area contributed by atoms with Crippen molar-refractivity contribution in [3.05, 3.63) is 120 Å². The number of carbonyl (C=O) groups is 4. The number of anilines is 2. The molecule has 72 heavy (non-hydrogen) atoms. The summed E-state index contributed by atoms with van der Waals surface area (Å²) in [6.45, 7) is 9.82. The molecule has 4 aromatic rings. The molecule has 0 amide bonds. The van der Waals surface area contributed by atoms with E-state index in [0.717, 1.165) is 121 Å². The first-order valence-electron chi connectivity index (χ1n) is 23.8. The number of piperidine rings is 6. The Kier molecular flexibility index (Phi) is 20.5. The summed E-state index contributed by atoms with van der Waals surface area (Å²) in [4.78, 5) is 42.5. The summed E-state index contributed by atoms with van der Waals surface area (Å²) in [5, 5.41) is 17.6. The molecule has 2 atom stereocenters. The lowest BCUT2D eigenvalue weighted by atomic mass is 9.83. The normalized spacial score (nSPS) is 22.8. The minimum absolute atomic E-state index is 0.0369. The number of carbonyl (C=O) groups excluding carboxylic acids is 4. The predicted molar refractivity (Wildman–Crippen MR) is 249 cm³/mol. The van der Waals surface area contributed by atoms with Gasteiger partial charge in [-0.05, 0) is 60.4 Å². The van der Waals surface area contributed by atoms with Crippen molar-refractivity contribution in [1.29, 1.82) is 0 Å². The summed E-state index contributed by atoms with van der Waals surface area (Å²) in [6.07, 6.45) is -3.75. The van der Waals surface area contributed by atoms with E-state index in [-0.39, 0.29) is 24.1 Å². The average molecular weight is 1020 g/mol. The number of nitrogens with zero attached hydrogens (tertiary/aromatic N) is 2. The van der Waals surface area contributed by atoms with Crippen LogP contribution in [0.1, 0.15) is 49.7 Å². The van der Waals surface area contributed by atoms with Crippen LogP contribution in [-0.4, -0.2) is 123 Å². The molecule has 392 valence electrons. The average Bonchev–Trinajstić information content (AvgIpc) is 3.35. The van der Waals surface area contributed by atoms with Crippen LogP contribution in [0.5, 0.6) is 11.5 Å². The van der Waals surface area contributed by atoms with Crippen LogP contribution in [0, 0.1) is 11.8 Å². The van der Waals surface area contributed by atoms with Gasteiger partial charge in [0.05, 0.1) is 26.2 Å². The zero-order valence-corrected chi connectivity index (χ0v) is 39.8. The van der Waals surface area contributed by atoms with Gasteiger partial charge in [0, 0.05) is 61.7 Å². The molecule has 10 rings (SSSR count). The van der Waals surface area contributed by atoms with Crippen LogP contribution < -0.4 is 31.2 Å². The lowest BCUT2D eigenvalue weighted by Crippen LogP contribution is -2.65. The van der Waals surface area contributed by atoms with Gasteiger partial charge in [-0.2, -0.15) is 26.3 Å². The minimum Gasteiger partial charge on any atom is -0.542 e. The fourth-order valence-electron chi connectivity index (χ4n) is 9.54. The number of hydrogen-bond donors (Lipinski definition) is 2. The van der Waals surface area contributed by atoms with Crippen LogP contribution in [-0.2, 0) is 41.5 Å². The lowest BCUT2D eigenvalue weighted by molar-refractivity contribution is -0.946. The highest BCUT2D eigenvalue weighted by Crippen LogP contribution is 2.37. The fraction of sp³-hybridized carbons (Fsp3) is 0.462. The maximum Gasteiger partial charge on any atom is 0.430 e. The van der Waals surface area contributed by atoms with Crippen molar-refractivity contribution in [2.24, 2.45) is 11.8 Å². The molecule has 4 N–H and O–H groups in total. The van der Waals surface area contributed by atoms with E-state index in [1.807, 2.05) is 109 Å². The third-order valence-electron chi connectivity index (χ3n) is 13.6. The molecule has 20 heteroatoms. The first-order valence-corrected chi connectivity index (χ1v) is 23.8. The van der Waals surface area contributed by atoms with E-state index in [1.165, 1.54) is 0 Å². The number of halogens is 6. The van der Waals surface area contributed by atoms with Gasteiger partial charge in [0.2, 0.25) is 0 Å². The number of rotatable bonds is 16. The van der Waals surface area contributed by atoms with Crippen molar-refractivity contribution >= 4 is 35.3 Å². The molecule has 6 heterocycles. The van der Waals surface area contributed by atoms with Crippen molar-refractivity contribution in [2.45, 2.75) is 75.9 Å². The summed E-state index contributed by atoms with van der Waals surface area (Å²) in [6, 6.07) is 35.4. The Morgan fingerprint density at radius 3 is 1.12 bits per heavy atom. The summed E-state index contributed by atoms with van der Waals surface area (Å²) in [5.41, 5.74) is 15.5. The highest BCUT2D eigenvalue weighted by molar-refractivity contribution is 5.72. The van der Waals surface area contributed by atoms with Crippen LogP contribution in [0.2, 0.25) is 0 Å². The van der Waals surface area contributed by atoms with Crippen molar-refractivity contribution in [1.82, 2.24) is 0 Å². The number of aryl methyl sites for hydroxylation is 2. The van der Waals surface area contributed by atoms with Gasteiger partial charge in [-0.1, -0.05) is 72.8 Å². The van der Waals surface area contributed by atoms with Crippen molar-refractivity contribution < 1.29 is 83.6 Å². The SMILES string of the molecule is Nc1ccccc1CCC(=O)O[C@H]1C[N+]2(CCOc3ccccc3)CCC1CC2.Nc1ccccc1CCC(=O)O[C@H]1C[N+]2(CCOc3ccccc3)CCC1CC2.O=C([O-])C(F)(F)F.O=C([O-])C(F)(F)F. The first kappa shape index (κ1) is 56.4. The molecule has 6 saturated heterocycles. The maximum atomic E-state index is 12.5. The van der Waals surface area contributed by atoms with Gasteiger partial charge in [0.25, 0.3) is 0 Å². The number of carboxylic acids is 2. The molecule has 0 aliphatic carbocycles. The van der Waals surface area contributed by atoms with Crippen molar-refractivity contribution in [3.63, 3.8) is 0 Å². The van der Waals surface area contributed by atoms with Crippen LogP contribution in [0.25, 0.3) is 0 Å². The zero-order chi connectivity index (χ0) is 52.4. The number of alkyl halides is 6.